The summed E-state index contributed by atoms with van der Waals surface area (Å²) in [4.78, 5) is 6.38. The molecule has 6 heteroatoms. The molecule has 1 aromatic carbocycles. The van der Waals surface area contributed by atoms with Crippen molar-refractivity contribution in [2.75, 3.05) is 13.6 Å². The van der Waals surface area contributed by atoms with E-state index in [0.717, 1.165) is 18.4 Å². The molecule has 3 atom stereocenters. The summed E-state index contributed by atoms with van der Waals surface area (Å²) in [5, 5.41) is 1.90. The van der Waals surface area contributed by atoms with Gasteiger partial charge in [-0.05, 0) is 38.8 Å². The van der Waals surface area contributed by atoms with Crippen LogP contribution in [0.3, 0.4) is 0 Å². The summed E-state index contributed by atoms with van der Waals surface area (Å²) in [6.07, 6.45) is 2.09. The number of sulfonamides is 1. The minimum absolute atomic E-state index is 0.0683. The largest absolute Gasteiger partial charge is 0.292 e. The van der Waals surface area contributed by atoms with Gasteiger partial charge in [0, 0.05) is 25.6 Å². The number of hydrogen-bond donors (Lipinski definition) is 0. The molecule has 1 aliphatic carbocycles. The average Bonchev–Trinajstić information content (AvgIpc) is 3.05. The molecular weight excluding hydrogens is 300 g/mol. The van der Waals surface area contributed by atoms with Gasteiger partial charge in [0.15, 0.2) is 0 Å². The van der Waals surface area contributed by atoms with E-state index in [1.807, 2.05) is 38.1 Å². The zero-order valence-electron chi connectivity index (χ0n) is 13.2. The van der Waals surface area contributed by atoms with Crippen LogP contribution in [0.4, 0.5) is 0 Å². The molecule has 0 radical (unpaired) electrons. The summed E-state index contributed by atoms with van der Waals surface area (Å²) in [5.74, 6) is 0.285. The van der Waals surface area contributed by atoms with Gasteiger partial charge in [-0.25, -0.2) is 8.42 Å². The fraction of sp³-hybridized carbons (Fsp3) is 0.625. The van der Waals surface area contributed by atoms with Crippen molar-refractivity contribution < 1.29 is 13.3 Å². The van der Waals surface area contributed by atoms with Crippen LogP contribution in [0.5, 0.6) is 0 Å². The summed E-state index contributed by atoms with van der Waals surface area (Å²) < 4.78 is 27.7. The van der Waals surface area contributed by atoms with Crippen LogP contribution in [0.25, 0.3) is 0 Å². The quantitative estimate of drug-likeness (QED) is 0.833. The molecule has 120 valence electrons. The molecule has 0 unspecified atom stereocenters. The standard InChI is InChI=1S/C16H22N2O3S/c1-11-4-6-13(7-5-11)22(19,20)18-10-14-15(12(18)2)17(3)21-16(14)8-9-16/h4-7,12,14-15H,8-10H2,1-3H3/t12-,14+,15-/m0/s1. The topological polar surface area (TPSA) is 49.9 Å². The van der Waals surface area contributed by atoms with Gasteiger partial charge in [-0.1, -0.05) is 17.7 Å². The molecule has 22 heavy (non-hydrogen) atoms. The Morgan fingerprint density at radius 1 is 1.23 bits per heavy atom. The van der Waals surface area contributed by atoms with Crippen LogP contribution < -0.4 is 0 Å². The number of aryl methyl sites for hydroxylation is 1. The fourth-order valence-electron chi connectivity index (χ4n) is 4.17. The normalized spacial score (nSPS) is 34.2. The van der Waals surface area contributed by atoms with E-state index in [-0.39, 0.29) is 23.6 Å². The minimum atomic E-state index is -3.44. The molecule has 3 aliphatic rings. The number of nitrogens with zero attached hydrogens (tertiary/aromatic N) is 2. The monoisotopic (exact) mass is 322 g/mol. The molecule has 0 bridgehead atoms. The van der Waals surface area contributed by atoms with Crippen molar-refractivity contribution in [3.63, 3.8) is 0 Å². The van der Waals surface area contributed by atoms with Gasteiger partial charge < -0.3 is 0 Å². The first-order valence-corrected chi connectivity index (χ1v) is 9.30. The van der Waals surface area contributed by atoms with Crippen molar-refractivity contribution in [1.82, 2.24) is 9.37 Å². The van der Waals surface area contributed by atoms with E-state index in [4.69, 9.17) is 4.84 Å². The van der Waals surface area contributed by atoms with Crippen LogP contribution in [-0.4, -0.2) is 49.1 Å². The van der Waals surface area contributed by atoms with Gasteiger partial charge in [-0.3, -0.25) is 4.84 Å². The lowest BCUT2D eigenvalue weighted by molar-refractivity contribution is -0.162. The van der Waals surface area contributed by atoms with Crippen LogP contribution in [-0.2, 0) is 14.9 Å². The van der Waals surface area contributed by atoms with Crippen LogP contribution in [0.2, 0.25) is 0 Å². The molecule has 5 nitrogen and oxygen atoms in total. The Kier molecular flexibility index (Phi) is 3.02. The van der Waals surface area contributed by atoms with Gasteiger partial charge in [-0.2, -0.15) is 9.37 Å². The van der Waals surface area contributed by atoms with E-state index in [1.54, 1.807) is 16.4 Å². The summed E-state index contributed by atoms with van der Waals surface area (Å²) in [6, 6.07) is 7.21. The molecule has 3 fully saturated rings. The van der Waals surface area contributed by atoms with Crippen LogP contribution in [0.15, 0.2) is 29.2 Å². The highest BCUT2D eigenvalue weighted by Gasteiger charge is 2.66. The third kappa shape index (κ3) is 1.91. The Balaban J connectivity index is 1.67. The Morgan fingerprint density at radius 2 is 1.86 bits per heavy atom. The van der Waals surface area contributed by atoms with Gasteiger partial charge in [-0.15, -0.1) is 0 Å². The van der Waals surface area contributed by atoms with Crippen molar-refractivity contribution in [3.8, 4) is 0 Å². The molecule has 0 N–H and O–H groups in total. The summed E-state index contributed by atoms with van der Waals surface area (Å²) in [7, 11) is -1.51. The Labute approximate surface area is 131 Å². The minimum Gasteiger partial charge on any atom is -0.292 e. The first-order valence-electron chi connectivity index (χ1n) is 7.86. The molecule has 0 aromatic heterocycles. The second-order valence-electron chi connectivity index (χ2n) is 6.93. The van der Waals surface area contributed by atoms with Crippen molar-refractivity contribution >= 4 is 10.0 Å². The SMILES string of the molecule is Cc1ccc(S(=O)(=O)N2C[C@@H]3[C@H]([C@@H]2C)N(C)OC32CC2)cc1. The number of hydrogen-bond acceptors (Lipinski definition) is 4. The van der Waals surface area contributed by atoms with Crippen molar-refractivity contribution in [2.24, 2.45) is 5.92 Å². The van der Waals surface area contributed by atoms with Crippen LogP contribution >= 0.6 is 0 Å². The van der Waals surface area contributed by atoms with Crippen molar-refractivity contribution in [1.29, 1.82) is 0 Å². The zero-order chi connectivity index (χ0) is 15.7. The van der Waals surface area contributed by atoms with E-state index in [2.05, 4.69) is 0 Å². The second kappa shape index (κ2) is 4.54. The van der Waals surface area contributed by atoms with Gasteiger partial charge in [0.1, 0.15) is 0 Å². The number of benzene rings is 1. The van der Waals surface area contributed by atoms with E-state index < -0.39 is 10.0 Å². The van der Waals surface area contributed by atoms with Crippen LogP contribution in [0, 0.1) is 12.8 Å². The molecule has 2 saturated heterocycles. The highest BCUT2D eigenvalue weighted by Crippen LogP contribution is 2.57. The van der Waals surface area contributed by atoms with Crippen molar-refractivity contribution in [3.05, 3.63) is 29.8 Å². The highest BCUT2D eigenvalue weighted by atomic mass is 32.2. The Hall–Kier alpha value is -0.950. The first kappa shape index (κ1) is 14.6. The fourth-order valence-corrected chi connectivity index (χ4v) is 5.84. The summed E-state index contributed by atoms with van der Waals surface area (Å²) in [5.41, 5.74) is 0.973. The zero-order valence-corrected chi connectivity index (χ0v) is 14.0. The lowest BCUT2D eigenvalue weighted by Gasteiger charge is -2.27. The Morgan fingerprint density at radius 3 is 2.45 bits per heavy atom. The molecule has 2 heterocycles. The second-order valence-corrected chi connectivity index (χ2v) is 8.82. The number of fused-ring (bicyclic) bond motifs is 2. The third-order valence-electron chi connectivity index (χ3n) is 5.53. The lowest BCUT2D eigenvalue weighted by Crippen LogP contribution is -2.42. The van der Waals surface area contributed by atoms with E-state index >= 15 is 0 Å². The van der Waals surface area contributed by atoms with Gasteiger partial charge in [0.05, 0.1) is 16.5 Å². The summed E-state index contributed by atoms with van der Waals surface area (Å²) >= 11 is 0. The molecule has 2 aliphatic heterocycles. The molecule has 1 spiro atoms. The lowest BCUT2D eigenvalue weighted by atomic mass is 9.93. The van der Waals surface area contributed by atoms with Crippen LogP contribution in [0.1, 0.15) is 25.3 Å². The number of hydroxylamine groups is 2. The maximum atomic E-state index is 13.0. The molecule has 1 saturated carbocycles. The predicted molar refractivity (Wildman–Crippen MR) is 82.6 cm³/mol. The van der Waals surface area contributed by atoms with Gasteiger partial charge in [0.25, 0.3) is 0 Å². The summed E-state index contributed by atoms with van der Waals surface area (Å²) in [6.45, 7) is 4.52. The molecular formula is C16H22N2O3S. The number of likely N-dealkylation sites (N-methyl/N-ethyl adjacent to an activating group) is 1. The van der Waals surface area contributed by atoms with Crippen molar-refractivity contribution in [2.45, 2.75) is 49.3 Å². The highest BCUT2D eigenvalue weighted by molar-refractivity contribution is 7.89. The maximum Gasteiger partial charge on any atom is 0.243 e. The van der Waals surface area contributed by atoms with E-state index in [9.17, 15) is 8.42 Å². The molecule has 4 rings (SSSR count). The Bertz CT molecular complexity index is 697. The molecule has 1 aromatic rings. The average molecular weight is 322 g/mol. The maximum absolute atomic E-state index is 13.0. The first-order chi connectivity index (χ1) is 10.3. The third-order valence-corrected chi connectivity index (χ3v) is 7.50. The van der Waals surface area contributed by atoms with E-state index in [0.29, 0.717) is 11.4 Å². The predicted octanol–water partition coefficient (Wildman–Crippen LogP) is 1.78. The van der Waals surface area contributed by atoms with E-state index in [1.165, 1.54) is 0 Å². The smallest absolute Gasteiger partial charge is 0.243 e. The van der Waals surface area contributed by atoms with Gasteiger partial charge >= 0.3 is 0 Å². The number of rotatable bonds is 2. The molecule has 0 amide bonds. The van der Waals surface area contributed by atoms with Gasteiger partial charge in [0.2, 0.25) is 10.0 Å².